The van der Waals surface area contributed by atoms with E-state index in [1.807, 2.05) is 62.4 Å². The molecule has 2 heterocycles. The highest BCUT2D eigenvalue weighted by atomic mass is 32.3. The van der Waals surface area contributed by atoms with E-state index < -0.39 is 34.2 Å². The molecule has 6 rings (SSSR count). The molecule has 4 aromatic carbocycles. The predicted octanol–water partition coefficient (Wildman–Crippen LogP) is 8.07. The molecule has 1 aromatic heterocycles. The van der Waals surface area contributed by atoms with Gasteiger partial charge in [-0.3, -0.25) is 13.9 Å². The highest BCUT2D eigenvalue weighted by Gasteiger charge is 2.40. The van der Waals surface area contributed by atoms with Gasteiger partial charge in [0.15, 0.2) is 0 Å². The highest BCUT2D eigenvalue weighted by Crippen LogP contribution is 2.57. The van der Waals surface area contributed by atoms with Crippen molar-refractivity contribution < 1.29 is 38.4 Å². The van der Waals surface area contributed by atoms with Crippen molar-refractivity contribution in [1.29, 1.82) is 0 Å². The maximum Gasteiger partial charge on any atom is 0.335 e. The standard InChI is InChI=1S/C40H44N4O8S/c1-5-34-24-44(53(49,50)36-15-7-6-14-35(36)52-34)22-32-20-30(17-16-26(32)2)37(40(3,4)39(47)48)51-25-33-23-43(42-41-33)21-27-10-8-11-28(18-27)29-12-9-13-31(19-29)38(45)46/h6-20,23,34,37,49-50H,5,21-22,24-25H2,1-4H3,(H,45,46)(H,47,48). The van der Waals surface area contributed by atoms with Gasteiger partial charge >= 0.3 is 11.9 Å². The second-order valence-electron chi connectivity index (χ2n) is 13.8. The van der Waals surface area contributed by atoms with Crippen LogP contribution < -0.4 is 4.74 Å². The molecule has 0 radical (unpaired) electrons. The number of benzene rings is 4. The molecule has 1 aliphatic rings. The Morgan fingerprint density at radius 1 is 0.962 bits per heavy atom. The first kappa shape index (κ1) is 37.7. The molecular weight excluding hydrogens is 697 g/mol. The minimum atomic E-state index is -3.40. The molecule has 2 atom stereocenters. The van der Waals surface area contributed by atoms with Gasteiger partial charge in [-0.05, 0) is 90.9 Å². The summed E-state index contributed by atoms with van der Waals surface area (Å²) in [7, 11) is -3.40. The van der Waals surface area contributed by atoms with Crippen LogP contribution in [0.3, 0.4) is 0 Å². The van der Waals surface area contributed by atoms with E-state index in [2.05, 4.69) is 10.3 Å². The van der Waals surface area contributed by atoms with E-state index in [1.165, 1.54) is 0 Å². The predicted molar refractivity (Wildman–Crippen MR) is 201 cm³/mol. The lowest BCUT2D eigenvalue weighted by Gasteiger charge is -2.42. The summed E-state index contributed by atoms with van der Waals surface area (Å²) in [5.41, 5.74) is 4.30. The van der Waals surface area contributed by atoms with E-state index >= 15 is 0 Å². The molecular formula is C40H44N4O8S. The number of carboxylic acid groups (broad SMARTS) is 2. The van der Waals surface area contributed by atoms with Gasteiger partial charge in [0.2, 0.25) is 0 Å². The first-order chi connectivity index (χ1) is 25.3. The molecule has 13 heteroatoms. The number of ether oxygens (including phenoxy) is 2. The Morgan fingerprint density at radius 3 is 2.43 bits per heavy atom. The summed E-state index contributed by atoms with van der Waals surface area (Å²) in [5.74, 6) is -1.57. The highest BCUT2D eigenvalue weighted by molar-refractivity contribution is 8.22. The maximum absolute atomic E-state index is 12.6. The topological polar surface area (TPSA) is 167 Å². The fraction of sp³-hybridized carbons (Fsp3) is 0.300. The van der Waals surface area contributed by atoms with E-state index in [9.17, 15) is 28.9 Å². The number of para-hydroxylation sites is 1. The van der Waals surface area contributed by atoms with Crippen LogP contribution in [0.5, 0.6) is 5.75 Å². The second kappa shape index (κ2) is 15.5. The van der Waals surface area contributed by atoms with Crippen molar-refractivity contribution >= 4 is 22.7 Å². The Labute approximate surface area is 310 Å². The molecule has 0 saturated heterocycles. The van der Waals surface area contributed by atoms with Crippen molar-refractivity contribution in [3.8, 4) is 16.9 Å². The van der Waals surface area contributed by atoms with Crippen LogP contribution in [-0.4, -0.2) is 63.2 Å². The van der Waals surface area contributed by atoms with E-state index in [-0.39, 0.29) is 31.4 Å². The Morgan fingerprint density at radius 2 is 1.70 bits per heavy atom. The SMILES string of the molecule is CCC1CN(Cc2cc(C(OCc3cn(Cc4cccc(-c5cccc(C(=O)O)c5)c4)nn3)C(C)(C)C(=O)O)ccc2C)S(O)(O)c2ccccc2O1. The quantitative estimate of drug-likeness (QED) is 0.0922. The van der Waals surface area contributed by atoms with Crippen LogP contribution in [-0.2, 0) is 29.2 Å². The molecule has 0 saturated carbocycles. The van der Waals surface area contributed by atoms with Crippen LogP contribution >= 0.6 is 10.8 Å². The van der Waals surface area contributed by atoms with Crippen LogP contribution in [0.1, 0.15) is 71.6 Å². The van der Waals surface area contributed by atoms with Crippen LogP contribution in [0, 0.1) is 12.3 Å². The number of aromatic carboxylic acids is 1. The van der Waals surface area contributed by atoms with E-state index in [1.54, 1.807) is 71.5 Å². The Hall–Kier alpha value is -5.05. The number of aliphatic carboxylic acids is 1. The number of hydrogen-bond donors (Lipinski definition) is 4. The van der Waals surface area contributed by atoms with Gasteiger partial charge in [0, 0.05) is 6.54 Å². The van der Waals surface area contributed by atoms with Crippen LogP contribution in [0.15, 0.2) is 102 Å². The van der Waals surface area contributed by atoms with Gasteiger partial charge in [0.05, 0.1) is 43.0 Å². The van der Waals surface area contributed by atoms with Gasteiger partial charge in [0.25, 0.3) is 0 Å². The number of carbonyl (C=O) groups is 2. The van der Waals surface area contributed by atoms with Gasteiger partial charge in [-0.2, -0.15) is 4.31 Å². The van der Waals surface area contributed by atoms with Gasteiger partial charge in [-0.25, -0.2) is 9.48 Å². The van der Waals surface area contributed by atoms with Crippen molar-refractivity contribution in [2.24, 2.45) is 5.41 Å². The average Bonchev–Trinajstić information content (AvgIpc) is 3.54. The van der Waals surface area contributed by atoms with Crippen molar-refractivity contribution in [3.63, 3.8) is 0 Å². The minimum absolute atomic E-state index is 0.00836. The second-order valence-corrected chi connectivity index (χ2v) is 15.8. The van der Waals surface area contributed by atoms with Crippen molar-refractivity contribution in [3.05, 3.63) is 131 Å². The number of aryl methyl sites for hydroxylation is 1. The number of rotatable bonds is 13. The number of fused-ring (bicyclic) bond motifs is 1. The molecule has 53 heavy (non-hydrogen) atoms. The number of hydrogen-bond acceptors (Lipinski definition) is 9. The van der Waals surface area contributed by atoms with Gasteiger partial charge < -0.3 is 19.7 Å². The summed E-state index contributed by atoms with van der Waals surface area (Å²) in [6.07, 6.45) is 1.27. The molecule has 12 nitrogen and oxygen atoms in total. The van der Waals surface area contributed by atoms with Crippen LogP contribution in [0.4, 0.5) is 0 Å². The lowest BCUT2D eigenvalue weighted by molar-refractivity contribution is -0.158. The van der Waals surface area contributed by atoms with Crippen LogP contribution in [0.25, 0.3) is 11.1 Å². The monoisotopic (exact) mass is 740 g/mol. The molecule has 0 bridgehead atoms. The summed E-state index contributed by atoms with van der Waals surface area (Å²) >= 11 is 0. The first-order valence-electron chi connectivity index (χ1n) is 17.3. The van der Waals surface area contributed by atoms with E-state index in [0.717, 1.165) is 27.8 Å². The molecule has 0 spiro atoms. The Bertz CT molecular complexity index is 2120. The van der Waals surface area contributed by atoms with Crippen molar-refractivity contribution in [2.75, 3.05) is 6.54 Å². The van der Waals surface area contributed by atoms with Crippen LogP contribution in [0.2, 0.25) is 0 Å². The van der Waals surface area contributed by atoms with E-state index in [0.29, 0.717) is 34.9 Å². The molecule has 2 unspecified atom stereocenters. The molecule has 5 aromatic rings. The molecule has 278 valence electrons. The lowest BCUT2D eigenvalue weighted by atomic mass is 9.81. The maximum atomic E-state index is 12.6. The average molecular weight is 741 g/mol. The third kappa shape index (κ3) is 8.29. The molecule has 0 amide bonds. The summed E-state index contributed by atoms with van der Waals surface area (Å²) in [4.78, 5) is 24.4. The van der Waals surface area contributed by atoms with Crippen molar-refractivity contribution in [1.82, 2.24) is 19.3 Å². The third-order valence-electron chi connectivity index (χ3n) is 9.59. The number of carboxylic acids is 2. The fourth-order valence-corrected chi connectivity index (χ4v) is 8.01. The minimum Gasteiger partial charge on any atom is -0.487 e. The molecule has 0 fully saturated rings. The zero-order valence-corrected chi connectivity index (χ0v) is 30.9. The smallest absolute Gasteiger partial charge is 0.335 e. The summed E-state index contributed by atoms with van der Waals surface area (Å²) in [6, 6.07) is 27.1. The third-order valence-corrected chi connectivity index (χ3v) is 11.5. The Balaban J connectivity index is 1.21. The Kier molecular flexibility index (Phi) is 11.0. The molecule has 1 aliphatic heterocycles. The first-order valence-corrected chi connectivity index (χ1v) is 18.8. The fourth-order valence-electron chi connectivity index (χ4n) is 6.39. The number of nitrogens with zero attached hydrogens (tertiary/aromatic N) is 4. The molecule has 4 N–H and O–H groups in total. The van der Waals surface area contributed by atoms with Crippen molar-refractivity contribution in [2.45, 2.75) is 70.9 Å². The van der Waals surface area contributed by atoms with E-state index in [4.69, 9.17) is 9.47 Å². The lowest BCUT2D eigenvalue weighted by Crippen LogP contribution is -2.35. The zero-order valence-electron chi connectivity index (χ0n) is 30.0. The number of aromatic nitrogens is 3. The largest absolute Gasteiger partial charge is 0.487 e. The summed E-state index contributed by atoms with van der Waals surface area (Å²) in [5, 5.41) is 28.2. The molecule has 0 aliphatic carbocycles. The summed E-state index contributed by atoms with van der Waals surface area (Å²) < 4.78 is 39.0. The summed E-state index contributed by atoms with van der Waals surface area (Å²) in [6.45, 7) is 8.02. The zero-order chi connectivity index (χ0) is 37.9. The normalized spacial score (nSPS) is 16.9. The van der Waals surface area contributed by atoms with Gasteiger partial charge in [-0.15, -0.1) is 15.9 Å². The van der Waals surface area contributed by atoms with Gasteiger partial charge in [0.1, 0.15) is 22.4 Å². The van der Waals surface area contributed by atoms with Gasteiger partial charge in [-0.1, -0.05) is 72.8 Å².